The van der Waals surface area contributed by atoms with E-state index in [-0.39, 0.29) is 18.9 Å². The Hall–Kier alpha value is -1.80. The Kier molecular flexibility index (Phi) is 28.2. The molecule has 0 saturated heterocycles. The van der Waals surface area contributed by atoms with Crippen LogP contribution in [0.1, 0.15) is 117 Å². The lowest BCUT2D eigenvalue weighted by Crippen LogP contribution is -2.45. The molecule has 0 fully saturated rings. The Bertz CT molecular complexity index is 939. The first kappa shape index (κ1) is 44.2. The molecular formula is C37H67N2O6P. The highest BCUT2D eigenvalue weighted by Crippen LogP contribution is 2.38. The van der Waals surface area contributed by atoms with Gasteiger partial charge in [0, 0.05) is 6.42 Å². The fourth-order valence-electron chi connectivity index (χ4n) is 4.30. The highest BCUT2D eigenvalue weighted by molar-refractivity contribution is 7.45. The standard InChI is InChI=1S/C37H67N2O6P/c1-6-8-10-12-14-16-18-19-21-23-25-27-29-31-37(41)38-35(34-45-46(42,43)44-33-32-39(3,4)5)36(40)30-28-26-24-22-20-17-15-13-11-9-7-2/h11,13,19-22,25,27-28,30,35-36,40H,6-10,12,14-18,23-24,26,29,31-34H2,1-5H3,(H-,38,41,42,43)/b13-11+,21-19-,22-20+,27-25-,30-28+. The van der Waals surface area contributed by atoms with Gasteiger partial charge in [-0.2, -0.15) is 0 Å². The van der Waals surface area contributed by atoms with E-state index >= 15 is 0 Å². The number of phosphoric acid groups is 1. The SMILES string of the molecule is CCC/C=C/CC/C=C/CC/C=C/C(O)C(COP(=O)([O-])OCC[N+](C)(C)C)NC(=O)CC/C=C\C/C=C\CCCCCCCC. The molecule has 9 heteroatoms. The maximum absolute atomic E-state index is 12.7. The minimum atomic E-state index is -4.60. The zero-order chi connectivity index (χ0) is 34.4. The van der Waals surface area contributed by atoms with Gasteiger partial charge in [-0.05, 0) is 57.8 Å². The highest BCUT2D eigenvalue weighted by atomic mass is 31.2. The number of hydrogen-bond donors (Lipinski definition) is 2. The maximum atomic E-state index is 12.7. The summed E-state index contributed by atoms with van der Waals surface area (Å²) >= 11 is 0. The average molecular weight is 667 g/mol. The Morgan fingerprint density at radius 3 is 1.96 bits per heavy atom. The third-order valence-corrected chi connectivity index (χ3v) is 8.14. The number of carbonyl (C=O) groups is 1. The normalized spacial score (nSPS) is 15.5. The second-order valence-corrected chi connectivity index (χ2v) is 14.3. The van der Waals surface area contributed by atoms with E-state index in [1.807, 2.05) is 39.4 Å². The van der Waals surface area contributed by atoms with E-state index in [1.54, 1.807) is 6.08 Å². The predicted octanol–water partition coefficient (Wildman–Crippen LogP) is 8.10. The lowest BCUT2D eigenvalue weighted by molar-refractivity contribution is -0.870. The Morgan fingerprint density at radius 1 is 0.761 bits per heavy atom. The summed E-state index contributed by atoms with van der Waals surface area (Å²) in [6, 6.07) is -0.938. The first-order chi connectivity index (χ1) is 22.0. The van der Waals surface area contributed by atoms with Crippen LogP contribution in [-0.2, 0) is 18.4 Å². The van der Waals surface area contributed by atoms with Gasteiger partial charge in [0.2, 0.25) is 5.91 Å². The second kappa shape index (κ2) is 29.3. The zero-order valence-electron chi connectivity index (χ0n) is 29.7. The summed E-state index contributed by atoms with van der Waals surface area (Å²) in [4.78, 5) is 25.0. The van der Waals surface area contributed by atoms with Crippen molar-refractivity contribution in [2.45, 2.75) is 129 Å². The molecule has 0 aromatic rings. The third-order valence-electron chi connectivity index (χ3n) is 7.17. The van der Waals surface area contributed by atoms with Crippen LogP contribution < -0.4 is 10.2 Å². The van der Waals surface area contributed by atoms with E-state index < -0.39 is 26.6 Å². The summed E-state index contributed by atoms with van der Waals surface area (Å²) in [5, 5.41) is 13.6. The van der Waals surface area contributed by atoms with Crippen molar-refractivity contribution < 1.29 is 32.9 Å². The lowest BCUT2D eigenvalue weighted by Gasteiger charge is -2.29. The van der Waals surface area contributed by atoms with Gasteiger partial charge in [0.25, 0.3) is 7.82 Å². The van der Waals surface area contributed by atoms with E-state index in [2.05, 4.69) is 55.6 Å². The van der Waals surface area contributed by atoms with Crippen LogP contribution in [0, 0.1) is 0 Å². The molecule has 0 aliphatic carbocycles. The van der Waals surface area contributed by atoms with E-state index in [1.165, 1.54) is 38.5 Å². The van der Waals surface area contributed by atoms with Crippen LogP contribution >= 0.6 is 7.82 Å². The molecule has 0 heterocycles. The van der Waals surface area contributed by atoms with Gasteiger partial charge >= 0.3 is 0 Å². The maximum Gasteiger partial charge on any atom is 0.268 e. The number of unbranched alkanes of at least 4 members (excludes halogenated alkanes) is 9. The van der Waals surface area contributed by atoms with Crippen LogP contribution in [0.3, 0.4) is 0 Å². The number of amides is 1. The number of nitrogens with one attached hydrogen (secondary N) is 1. The van der Waals surface area contributed by atoms with E-state index in [4.69, 9.17) is 9.05 Å². The molecule has 8 nitrogen and oxygen atoms in total. The largest absolute Gasteiger partial charge is 0.756 e. The number of quaternary nitrogens is 1. The first-order valence-electron chi connectivity index (χ1n) is 17.7. The fourth-order valence-corrected chi connectivity index (χ4v) is 5.02. The van der Waals surface area contributed by atoms with Gasteiger partial charge in [0.05, 0.1) is 39.9 Å². The number of aliphatic hydroxyl groups is 1. The van der Waals surface area contributed by atoms with Gasteiger partial charge in [0.1, 0.15) is 13.2 Å². The number of rotatable bonds is 30. The minimum Gasteiger partial charge on any atom is -0.756 e. The minimum absolute atomic E-state index is 0.0210. The van der Waals surface area contributed by atoms with Gasteiger partial charge in [-0.25, -0.2) is 0 Å². The first-order valence-corrected chi connectivity index (χ1v) is 19.1. The monoisotopic (exact) mass is 666 g/mol. The second-order valence-electron chi connectivity index (χ2n) is 12.8. The Balaban J connectivity index is 4.77. The molecule has 0 aromatic heterocycles. The van der Waals surface area contributed by atoms with Crippen molar-refractivity contribution in [1.29, 1.82) is 0 Å². The number of carbonyl (C=O) groups excluding carboxylic acids is 1. The van der Waals surface area contributed by atoms with Crippen LogP contribution in [0.15, 0.2) is 60.8 Å². The quantitative estimate of drug-likeness (QED) is 0.0347. The summed E-state index contributed by atoms with van der Waals surface area (Å²) in [5.41, 5.74) is 0. The zero-order valence-corrected chi connectivity index (χ0v) is 30.6. The van der Waals surface area contributed by atoms with Gasteiger partial charge in [0.15, 0.2) is 0 Å². The van der Waals surface area contributed by atoms with Gasteiger partial charge < -0.3 is 28.8 Å². The van der Waals surface area contributed by atoms with Crippen molar-refractivity contribution in [3.63, 3.8) is 0 Å². The van der Waals surface area contributed by atoms with Crippen LogP contribution in [-0.4, -0.2) is 68.5 Å². The molecule has 0 aromatic carbocycles. The lowest BCUT2D eigenvalue weighted by atomic mass is 10.1. The summed E-state index contributed by atoms with van der Waals surface area (Å²) in [6.07, 6.45) is 35.7. The smallest absolute Gasteiger partial charge is 0.268 e. The predicted molar refractivity (Wildman–Crippen MR) is 191 cm³/mol. The Morgan fingerprint density at radius 2 is 1.33 bits per heavy atom. The Labute approximate surface area is 281 Å². The van der Waals surface area contributed by atoms with Crippen LogP contribution in [0.4, 0.5) is 0 Å². The molecule has 266 valence electrons. The number of allylic oxidation sites excluding steroid dienone is 9. The van der Waals surface area contributed by atoms with Crippen molar-refractivity contribution in [3.8, 4) is 0 Å². The van der Waals surface area contributed by atoms with Gasteiger partial charge in [-0.1, -0.05) is 113 Å². The third kappa shape index (κ3) is 30.8. The number of phosphoric ester groups is 1. The van der Waals surface area contributed by atoms with Gasteiger partial charge in [-0.3, -0.25) is 9.36 Å². The summed E-state index contributed by atoms with van der Waals surface area (Å²) in [5.74, 6) is -0.285. The highest BCUT2D eigenvalue weighted by Gasteiger charge is 2.23. The summed E-state index contributed by atoms with van der Waals surface area (Å²) in [7, 11) is 1.19. The number of hydrogen-bond acceptors (Lipinski definition) is 6. The van der Waals surface area contributed by atoms with Crippen molar-refractivity contribution in [3.05, 3.63) is 60.8 Å². The average Bonchev–Trinajstić information content (AvgIpc) is 2.99. The molecule has 0 bridgehead atoms. The van der Waals surface area contributed by atoms with Crippen molar-refractivity contribution >= 4 is 13.7 Å². The molecule has 1 amide bonds. The molecular weight excluding hydrogens is 599 g/mol. The molecule has 0 saturated carbocycles. The number of nitrogens with zero attached hydrogens (tertiary/aromatic N) is 1. The molecule has 0 aliphatic heterocycles. The topological polar surface area (TPSA) is 108 Å². The molecule has 0 aliphatic rings. The molecule has 3 unspecified atom stereocenters. The fraction of sp³-hybridized carbons (Fsp3) is 0.703. The summed E-state index contributed by atoms with van der Waals surface area (Å²) in [6.45, 7) is 4.43. The van der Waals surface area contributed by atoms with E-state index in [0.29, 0.717) is 23.9 Å². The molecule has 2 N–H and O–H groups in total. The molecule has 0 rings (SSSR count). The molecule has 46 heavy (non-hydrogen) atoms. The van der Waals surface area contributed by atoms with E-state index in [0.717, 1.165) is 44.9 Å². The number of aliphatic hydroxyl groups excluding tert-OH is 1. The van der Waals surface area contributed by atoms with Crippen LogP contribution in [0.2, 0.25) is 0 Å². The molecule has 0 spiro atoms. The van der Waals surface area contributed by atoms with Gasteiger partial charge in [-0.15, -0.1) is 0 Å². The van der Waals surface area contributed by atoms with Crippen molar-refractivity contribution in [2.75, 3.05) is 40.9 Å². The van der Waals surface area contributed by atoms with Crippen LogP contribution in [0.25, 0.3) is 0 Å². The molecule has 0 radical (unpaired) electrons. The summed E-state index contributed by atoms with van der Waals surface area (Å²) < 4.78 is 22.9. The van der Waals surface area contributed by atoms with E-state index in [9.17, 15) is 19.4 Å². The number of likely N-dealkylation sites (N-methyl/N-ethyl adjacent to an activating group) is 1. The van der Waals surface area contributed by atoms with Crippen molar-refractivity contribution in [1.82, 2.24) is 5.32 Å². The molecule has 3 atom stereocenters. The van der Waals surface area contributed by atoms with Crippen LogP contribution in [0.5, 0.6) is 0 Å². The van der Waals surface area contributed by atoms with Crippen molar-refractivity contribution in [2.24, 2.45) is 0 Å².